The number of rotatable bonds is 4. The van der Waals surface area contributed by atoms with E-state index in [4.69, 9.17) is 4.74 Å². The maximum atomic E-state index is 5.35. The fourth-order valence-corrected chi connectivity index (χ4v) is 2.40. The standard InChI is InChI=1S/C17H16N2O/c1-3-7-15-17(20-2)19-16(18-15)14-11-6-9-12-8-4-5-10-13(12)14/h3-6,8-11H,1,7H2,2H3,(H,18,19). The number of aromatic amines is 1. The number of hydrogen-bond acceptors (Lipinski definition) is 2. The highest BCUT2D eigenvalue weighted by atomic mass is 16.5. The second-order valence-electron chi connectivity index (χ2n) is 4.58. The van der Waals surface area contributed by atoms with Crippen molar-refractivity contribution in [1.29, 1.82) is 0 Å². The lowest BCUT2D eigenvalue weighted by Gasteiger charge is -2.03. The van der Waals surface area contributed by atoms with Crippen LogP contribution < -0.4 is 4.74 Å². The van der Waals surface area contributed by atoms with E-state index >= 15 is 0 Å². The minimum atomic E-state index is 0.685. The van der Waals surface area contributed by atoms with Crippen molar-refractivity contribution in [3.63, 3.8) is 0 Å². The van der Waals surface area contributed by atoms with Crippen LogP contribution in [-0.4, -0.2) is 17.1 Å². The lowest BCUT2D eigenvalue weighted by atomic mass is 10.0. The molecule has 0 amide bonds. The van der Waals surface area contributed by atoms with Crippen molar-refractivity contribution in [2.24, 2.45) is 0 Å². The Balaban J connectivity index is 2.18. The Morgan fingerprint density at radius 1 is 1.20 bits per heavy atom. The van der Waals surface area contributed by atoms with Gasteiger partial charge in [0.1, 0.15) is 11.5 Å². The summed E-state index contributed by atoms with van der Waals surface area (Å²) in [6.07, 6.45) is 2.51. The van der Waals surface area contributed by atoms with E-state index in [1.54, 1.807) is 7.11 Å². The molecule has 3 rings (SSSR count). The molecule has 0 aliphatic heterocycles. The predicted octanol–water partition coefficient (Wildman–Crippen LogP) is 3.97. The van der Waals surface area contributed by atoms with E-state index in [1.807, 2.05) is 24.3 Å². The minimum Gasteiger partial charge on any atom is -0.481 e. The van der Waals surface area contributed by atoms with E-state index in [1.165, 1.54) is 10.8 Å². The van der Waals surface area contributed by atoms with E-state index in [9.17, 15) is 0 Å². The summed E-state index contributed by atoms with van der Waals surface area (Å²) in [7, 11) is 1.65. The Bertz CT molecular complexity index is 753. The monoisotopic (exact) mass is 264 g/mol. The first-order valence-corrected chi connectivity index (χ1v) is 6.55. The van der Waals surface area contributed by atoms with Gasteiger partial charge in [-0.3, -0.25) is 0 Å². The van der Waals surface area contributed by atoms with Gasteiger partial charge in [-0.1, -0.05) is 48.5 Å². The number of methoxy groups -OCH3 is 1. The molecule has 3 nitrogen and oxygen atoms in total. The molecule has 0 aliphatic carbocycles. The van der Waals surface area contributed by atoms with Crippen LogP contribution in [0.3, 0.4) is 0 Å². The number of nitrogens with one attached hydrogen (secondary N) is 1. The zero-order valence-electron chi connectivity index (χ0n) is 11.4. The van der Waals surface area contributed by atoms with Crippen molar-refractivity contribution >= 4 is 10.8 Å². The Morgan fingerprint density at radius 2 is 2.00 bits per heavy atom. The predicted molar refractivity (Wildman–Crippen MR) is 82.0 cm³/mol. The number of imidazole rings is 1. The molecule has 0 bridgehead atoms. The molecular formula is C17H16N2O. The van der Waals surface area contributed by atoms with Crippen molar-refractivity contribution in [3.05, 3.63) is 60.8 Å². The number of H-pyrrole nitrogens is 1. The summed E-state index contributed by atoms with van der Waals surface area (Å²) in [6, 6.07) is 14.5. The number of hydrogen-bond donors (Lipinski definition) is 1. The first kappa shape index (κ1) is 12.5. The van der Waals surface area contributed by atoms with Crippen molar-refractivity contribution in [2.75, 3.05) is 7.11 Å². The van der Waals surface area contributed by atoms with Gasteiger partial charge in [0.25, 0.3) is 0 Å². The van der Waals surface area contributed by atoms with Crippen LogP contribution in [0.5, 0.6) is 5.88 Å². The van der Waals surface area contributed by atoms with Gasteiger partial charge in [-0.05, 0) is 10.8 Å². The topological polar surface area (TPSA) is 37.9 Å². The molecule has 1 N–H and O–H groups in total. The number of nitrogens with zero attached hydrogens (tertiary/aromatic N) is 1. The van der Waals surface area contributed by atoms with Crippen molar-refractivity contribution in [2.45, 2.75) is 6.42 Å². The number of benzene rings is 2. The van der Waals surface area contributed by atoms with Crippen LogP contribution in [0.25, 0.3) is 22.2 Å². The summed E-state index contributed by atoms with van der Waals surface area (Å²) in [5, 5.41) is 2.38. The second kappa shape index (κ2) is 5.21. The summed E-state index contributed by atoms with van der Waals surface area (Å²) in [6.45, 7) is 3.75. The quantitative estimate of drug-likeness (QED) is 0.724. The Labute approximate surface area is 117 Å². The van der Waals surface area contributed by atoms with Crippen LogP contribution in [0.1, 0.15) is 5.69 Å². The number of fused-ring (bicyclic) bond motifs is 1. The molecular weight excluding hydrogens is 248 g/mol. The molecule has 0 unspecified atom stereocenters. The molecule has 20 heavy (non-hydrogen) atoms. The fraction of sp³-hybridized carbons (Fsp3) is 0.118. The molecule has 1 heterocycles. The first-order chi connectivity index (χ1) is 9.83. The molecule has 0 fully saturated rings. The van der Waals surface area contributed by atoms with Gasteiger partial charge in [0.2, 0.25) is 5.88 Å². The van der Waals surface area contributed by atoms with Gasteiger partial charge >= 0.3 is 0 Å². The molecule has 0 atom stereocenters. The Hall–Kier alpha value is -2.55. The highest BCUT2D eigenvalue weighted by Crippen LogP contribution is 2.29. The van der Waals surface area contributed by atoms with Crippen LogP contribution in [0.15, 0.2) is 55.1 Å². The van der Waals surface area contributed by atoms with E-state index in [0.29, 0.717) is 12.3 Å². The van der Waals surface area contributed by atoms with Gasteiger partial charge in [0.05, 0.1) is 7.11 Å². The average Bonchev–Trinajstić information content (AvgIpc) is 2.90. The number of aromatic nitrogens is 2. The highest BCUT2D eigenvalue weighted by Gasteiger charge is 2.12. The van der Waals surface area contributed by atoms with E-state index in [-0.39, 0.29) is 0 Å². The van der Waals surface area contributed by atoms with Crippen LogP contribution in [-0.2, 0) is 6.42 Å². The normalized spacial score (nSPS) is 10.7. The largest absolute Gasteiger partial charge is 0.481 e. The maximum Gasteiger partial charge on any atom is 0.214 e. The van der Waals surface area contributed by atoms with Gasteiger partial charge in [-0.2, -0.15) is 0 Å². The zero-order valence-corrected chi connectivity index (χ0v) is 11.4. The molecule has 100 valence electrons. The molecule has 0 saturated heterocycles. The summed E-state index contributed by atoms with van der Waals surface area (Å²) in [5.74, 6) is 1.53. The van der Waals surface area contributed by atoms with Crippen LogP contribution in [0.2, 0.25) is 0 Å². The molecule has 3 aromatic rings. The molecule has 0 saturated carbocycles. The van der Waals surface area contributed by atoms with Crippen LogP contribution >= 0.6 is 0 Å². The fourth-order valence-electron chi connectivity index (χ4n) is 2.40. The minimum absolute atomic E-state index is 0.685. The molecule has 2 aromatic carbocycles. The lowest BCUT2D eigenvalue weighted by molar-refractivity contribution is 0.396. The molecule has 0 aliphatic rings. The van der Waals surface area contributed by atoms with Gasteiger partial charge in [0, 0.05) is 12.0 Å². The Morgan fingerprint density at radius 3 is 2.80 bits per heavy atom. The summed E-state index contributed by atoms with van der Waals surface area (Å²) in [4.78, 5) is 7.88. The SMILES string of the molecule is C=CCc1nc(-c2cccc3ccccc23)[nH]c1OC. The third-order valence-corrected chi connectivity index (χ3v) is 3.33. The molecule has 0 spiro atoms. The smallest absolute Gasteiger partial charge is 0.214 e. The Kier molecular flexibility index (Phi) is 3.25. The van der Waals surface area contributed by atoms with Gasteiger partial charge in [-0.15, -0.1) is 6.58 Å². The van der Waals surface area contributed by atoms with Crippen LogP contribution in [0.4, 0.5) is 0 Å². The van der Waals surface area contributed by atoms with Crippen molar-refractivity contribution < 1.29 is 4.74 Å². The number of ether oxygens (including phenoxy) is 1. The van der Waals surface area contributed by atoms with E-state index in [2.05, 4.69) is 40.8 Å². The molecule has 3 heteroatoms. The average molecular weight is 264 g/mol. The van der Waals surface area contributed by atoms with E-state index in [0.717, 1.165) is 17.1 Å². The third-order valence-electron chi connectivity index (χ3n) is 3.33. The third kappa shape index (κ3) is 2.07. The van der Waals surface area contributed by atoms with Crippen molar-refractivity contribution in [3.8, 4) is 17.3 Å². The van der Waals surface area contributed by atoms with Crippen LogP contribution in [0, 0.1) is 0 Å². The van der Waals surface area contributed by atoms with E-state index < -0.39 is 0 Å². The van der Waals surface area contributed by atoms with Crippen molar-refractivity contribution in [1.82, 2.24) is 9.97 Å². The van der Waals surface area contributed by atoms with Gasteiger partial charge < -0.3 is 9.72 Å². The molecule has 0 radical (unpaired) electrons. The summed E-state index contributed by atoms with van der Waals surface area (Å²) < 4.78 is 5.35. The highest BCUT2D eigenvalue weighted by molar-refractivity contribution is 5.95. The lowest BCUT2D eigenvalue weighted by Crippen LogP contribution is -1.88. The molecule has 1 aromatic heterocycles. The van der Waals surface area contributed by atoms with Gasteiger partial charge in [-0.25, -0.2) is 4.98 Å². The first-order valence-electron chi connectivity index (χ1n) is 6.55. The maximum absolute atomic E-state index is 5.35. The van der Waals surface area contributed by atoms with Gasteiger partial charge in [0.15, 0.2) is 0 Å². The zero-order chi connectivity index (χ0) is 13.9. The number of allylic oxidation sites excluding steroid dienone is 1. The second-order valence-corrected chi connectivity index (χ2v) is 4.58. The summed E-state index contributed by atoms with van der Waals surface area (Å²) >= 11 is 0. The summed E-state index contributed by atoms with van der Waals surface area (Å²) in [5.41, 5.74) is 1.96.